The Hall–Kier alpha value is -3.30. The summed E-state index contributed by atoms with van der Waals surface area (Å²) in [5.41, 5.74) is 3.03. The molecule has 9 heteroatoms. The van der Waals surface area contributed by atoms with Crippen molar-refractivity contribution in [2.75, 3.05) is 26.2 Å². The summed E-state index contributed by atoms with van der Waals surface area (Å²) in [6, 6.07) is 14.8. The molecule has 2 aliphatic rings. The molecule has 1 amide bonds. The Kier molecular flexibility index (Phi) is 4.94. The van der Waals surface area contributed by atoms with E-state index in [9.17, 15) is 23.3 Å². The Morgan fingerprint density at radius 2 is 1.53 bits per heavy atom. The van der Waals surface area contributed by atoms with Crippen molar-refractivity contribution in [2.45, 2.75) is 17.7 Å². The van der Waals surface area contributed by atoms with Crippen molar-refractivity contribution >= 4 is 32.4 Å². The Bertz CT molecular complexity index is 1330. The van der Waals surface area contributed by atoms with Gasteiger partial charge in [-0.15, -0.1) is 0 Å². The molecule has 32 heavy (non-hydrogen) atoms. The topological polar surface area (TPSA) is 101 Å². The van der Waals surface area contributed by atoms with Gasteiger partial charge in [-0.2, -0.15) is 4.31 Å². The first kappa shape index (κ1) is 20.6. The number of nitrogens with zero attached hydrogens (tertiary/aromatic N) is 3. The van der Waals surface area contributed by atoms with Crippen LogP contribution >= 0.6 is 0 Å². The highest BCUT2D eigenvalue weighted by Crippen LogP contribution is 2.33. The van der Waals surface area contributed by atoms with Crippen LogP contribution in [0.5, 0.6) is 0 Å². The van der Waals surface area contributed by atoms with E-state index in [4.69, 9.17) is 0 Å². The third-order valence-corrected chi connectivity index (χ3v) is 8.23. The van der Waals surface area contributed by atoms with E-state index in [2.05, 4.69) is 6.07 Å². The molecule has 1 aliphatic heterocycles. The Balaban J connectivity index is 1.33. The number of piperazine rings is 1. The first-order valence-electron chi connectivity index (χ1n) is 10.4. The number of hydrogen-bond acceptors (Lipinski definition) is 5. The number of carbonyl (C=O) groups excluding carboxylic acids is 1. The molecule has 0 spiro atoms. The number of aryl methyl sites for hydroxylation is 2. The van der Waals surface area contributed by atoms with E-state index in [-0.39, 0.29) is 42.7 Å². The Morgan fingerprint density at radius 1 is 0.875 bits per heavy atom. The molecule has 1 saturated heterocycles. The number of sulfonamides is 1. The first-order valence-corrected chi connectivity index (χ1v) is 11.9. The third kappa shape index (κ3) is 3.34. The van der Waals surface area contributed by atoms with Crippen LogP contribution in [0.3, 0.4) is 0 Å². The van der Waals surface area contributed by atoms with E-state index in [0.29, 0.717) is 5.56 Å². The average molecular weight is 452 g/mol. The highest BCUT2D eigenvalue weighted by Gasteiger charge is 2.31. The molecule has 0 atom stereocenters. The molecule has 0 aromatic heterocycles. The van der Waals surface area contributed by atoms with Gasteiger partial charge in [0, 0.05) is 43.9 Å². The van der Waals surface area contributed by atoms with Gasteiger partial charge in [0.1, 0.15) is 0 Å². The van der Waals surface area contributed by atoms with Crippen LogP contribution in [-0.4, -0.2) is 54.6 Å². The molecule has 1 fully saturated rings. The summed E-state index contributed by atoms with van der Waals surface area (Å²) in [6.07, 6.45) is 1.98. The first-order chi connectivity index (χ1) is 15.4. The predicted molar refractivity (Wildman–Crippen MR) is 119 cm³/mol. The van der Waals surface area contributed by atoms with Gasteiger partial charge >= 0.3 is 0 Å². The number of rotatable bonds is 4. The molecule has 1 aliphatic carbocycles. The van der Waals surface area contributed by atoms with E-state index in [1.54, 1.807) is 4.90 Å². The number of nitro benzene ring substituents is 1. The largest absolute Gasteiger partial charge is 0.336 e. The lowest BCUT2D eigenvalue weighted by molar-refractivity contribution is -0.384. The van der Waals surface area contributed by atoms with E-state index in [1.165, 1.54) is 45.1 Å². The number of carbonyl (C=O) groups is 1. The van der Waals surface area contributed by atoms with Gasteiger partial charge in [-0.05, 0) is 52.9 Å². The predicted octanol–water partition coefficient (Wildman–Crippen LogP) is 2.99. The Labute approximate surface area is 185 Å². The van der Waals surface area contributed by atoms with Crippen molar-refractivity contribution in [1.82, 2.24) is 9.21 Å². The number of hydrogen-bond donors (Lipinski definition) is 0. The number of benzene rings is 3. The van der Waals surface area contributed by atoms with Crippen LogP contribution in [0.2, 0.25) is 0 Å². The zero-order valence-electron chi connectivity index (χ0n) is 17.2. The van der Waals surface area contributed by atoms with Gasteiger partial charge < -0.3 is 4.90 Å². The van der Waals surface area contributed by atoms with Crippen LogP contribution in [0.1, 0.15) is 21.5 Å². The zero-order valence-corrected chi connectivity index (χ0v) is 18.0. The van der Waals surface area contributed by atoms with E-state index in [0.717, 1.165) is 18.2 Å². The molecule has 0 bridgehead atoms. The SMILES string of the molecule is O=C(c1ccc2c3c(cccc13)CC2)N1CCN(S(=O)(=O)c2ccc([N+](=O)[O-])cc2)CC1. The van der Waals surface area contributed by atoms with Gasteiger partial charge in [-0.25, -0.2) is 8.42 Å². The number of amides is 1. The lowest BCUT2D eigenvalue weighted by atomic mass is 9.99. The van der Waals surface area contributed by atoms with Crippen molar-refractivity contribution in [3.63, 3.8) is 0 Å². The van der Waals surface area contributed by atoms with Crippen molar-refractivity contribution in [1.29, 1.82) is 0 Å². The third-order valence-electron chi connectivity index (χ3n) is 6.32. The summed E-state index contributed by atoms with van der Waals surface area (Å²) in [4.78, 5) is 25.2. The minimum atomic E-state index is -3.78. The molecule has 0 N–H and O–H groups in total. The maximum Gasteiger partial charge on any atom is 0.269 e. The van der Waals surface area contributed by atoms with Gasteiger partial charge in [0.2, 0.25) is 10.0 Å². The van der Waals surface area contributed by atoms with Gasteiger partial charge in [0.15, 0.2) is 0 Å². The lowest BCUT2D eigenvalue weighted by Gasteiger charge is -2.34. The average Bonchev–Trinajstić information content (AvgIpc) is 3.24. The zero-order chi connectivity index (χ0) is 22.5. The maximum atomic E-state index is 13.3. The highest BCUT2D eigenvalue weighted by atomic mass is 32.2. The molecular formula is C23H21N3O5S. The second-order valence-corrected chi connectivity index (χ2v) is 10.00. The van der Waals surface area contributed by atoms with Crippen LogP contribution in [-0.2, 0) is 22.9 Å². The van der Waals surface area contributed by atoms with Crippen molar-refractivity contribution in [3.05, 3.63) is 81.4 Å². The van der Waals surface area contributed by atoms with Crippen LogP contribution in [0.25, 0.3) is 10.8 Å². The van der Waals surface area contributed by atoms with E-state index >= 15 is 0 Å². The summed E-state index contributed by atoms with van der Waals surface area (Å²) < 4.78 is 27.2. The number of non-ortho nitro benzene ring substituents is 1. The standard InChI is InChI=1S/C23H21N3O5S/c27-23(21-11-6-17-5-4-16-2-1-3-20(21)22(16)17)24-12-14-25(15-13-24)32(30,31)19-9-7-18(8-10-19)26(28)29/h1-3,6-11H,4-5,12-15H2. The molecule has 164 valence electrons. The molecule has 0 unspecified atom stereocenters. The van der Waals surface area contributed by atoms with Crippen molar-refractivity contribution in [3.8, 4) is 0 Å². The fourth-order valence-corrected chi connectivity index (χ4v) is 6.05. The van der Waals surface area contributed by atoms with E-state index in [1.807, 2.05) is 24.3 Å². The monoisotopic (exact) mass is 451 g/mol. The van der Waals surface area contributed by atoms with Crippen molar-refractivity contribution < 1.29 is 18.1 Å². The van der Waals surface area contributed by atoms with E-state index < -0.39 is 14.9 Å². The lowest BCUT2D eigenvalue weighted by Crippen LogP contribution is -2.50. The maximum absolute atomic E-state index is 13.3. The summed E-state index contributed by atoms with van der Waals surface area (Å²) in [5, 5.41) is 13.0. The molecule has 5 rings (SSSR count). The normalized spacial score (nSPS) is 16.4. The molecule has 3 aromatic carbocycles. The second kappa shape index (κ2) is 7.68. The van der Waals surface area contributed by atoms with Crippen LogP contribution in [0.15, 0.2) is 59.5 Å². The van der Waals surface area contributed by atoms with Gasteiger partial charge in [0.05, 0.1) is 9.82 Å². The minimum Gasteiger partial charge on any atom is -0.336 e. The van der Waals surface area contributed by atoms with Crippen molar-refractivity contribution in [2.24, 2.45) is 0 Å². The van der Waals surface area contributed by atoms with Gasteiger partial charge in [0.25, 0.3) is 11.6 Å². The van der Waals surface area contributed by atoms with Crippen LogP contribution < -0.4 is 0 Å². The number of nitro groups is 1. The summed E-state index contributed by atoms with van der Waals surface area (Å²) in [7, 11) is -3.78. The molecule has 0 saturated carbocycles. The molecule has 8 nitrogen and oxygen atoms in total. The molecule has 1 heterocycles. The molecule has 3 aromatic rings. The fourth-order valence-electron chi connectivity index (χ4n) is 4.62. The summed E-state index contributed by atoms with van der Waals surface area (Å²) in [6.45, 7) is 0.917. The molecular weight excluding hydrogens is 430 g/mol. The highest BCUT2D eigenvalue weighted by molar-refractivity contribution is 7.89. The fraction of sp³-hybridized carbons (Fsp3) is 0.261. The smallest absolute Gasteiger partial charge is 0.269 e. The van der Waals surface area contributed by atoms with Crippen LogP contribution in [0, 0.1) is 10.1 Å². The second-order valence-electron chi connectivity index (χ2n) is 8.06. The van der Waals surface area contributed by atoms with Gasteiger partial charge in [-0.3, -0.25) is 14.9 Å². The Morgan fingerprint density at radius 3 is 2.19 bits per heavy atom. The summed E-state index contributed by atoms with van der Waals surface area (Å²) in [5.74, 6) is -0.0898. The van der Waals surface area contributed by atoms with Gasteiger partial charge in [-0.1, -0.05) is 24.3 Å². The molecule has 0 radical (unpaired) electrons. The van der Waals surface area contributed by atoms with Crippen LogP contribution in [0.4, 0.5) is 5.69 Å². The minimum absolute atomic E-state index is 0.00961. The summed E-state index contributed by atoms with van der Waals surface area (Å²) >= 11 is 0. The quantitative estimate of drug-likeness (QED) is 0.448.